The van der Waals surface area contributed by atoms with E-state index < -0.39 is 21.2 Å². The van der Waals surface area contributed by atoms with E-state index in [0.717, 1.165) is 11.8 Å². The molecule has 0 atom stereocenters. The van der Waals surface area contributed by atoms with Crippen LogP contribution in [0.2, 0.25) is 0 Å². The summed E-state index contributed by atoms with van der Waals surface area (Å²) >= 11 is 0.805. The van der Waals surface area contributed by atoms with Gasteiger partial charge in [-0.2, -0.15) is 4.31 Å². The van der Waals surface area contributed by atoms with Crippen molar-refractivity contribution in [1.29, 1.82) is 0 Å². The number of thioether (sulfide) groups is 1. The number of piperazine rings is 1. The molecule has 2 fully saturated rings. The van der Waals surface area contributed by atoms with Gasteiger partial charge in [0.25, 0.3) is 11.1 Å². The first kappa shape index (κ1) is 19.6. The zero-order valence-corrected chi connectivity index (χ0v) is 16.8. The number of hydrogen-bond acceptors (Lipinski definition) is 8. The summed E-state index contributed by atoms with van der Waals surface area (Å²) in [7, 11) is -3.52. The van der Waals surface area contributed by atoms with Crippen LogP contribution in [0.5, 0.6) is 0 Å². The molecule has 2 aliphatic heterocycles. The van der Waals surface area contributed by atoms with E-state index in [-0.39, 0.29) is 9.80 Å². The number of carbonyl (C=O) groups excluding carboxylic acids is 2. The number of benzene rings is 1. The summed E-state index contributed by atoms with van der Waals surface area (Å²) in [5, 5.41) is 1.76. The van der Waals surface area contributed by atoms with Gasteiger partial charge in [0, 0.05) is 38.5 Å². The van der Waals surface area contributed by atoms with Crippen LogP contribution in [0.1, 0.15) is 5.82 Å². The van der Waals surface area contributed by atoms with Crippen molar-refractivity contribution in [3.8, 4) is 0 Å². The van der Waals surface area contributed by atoms with Gasteiger partial charge in [0.05, 0.1) is 9.80 Å². The number of hydrogen-bond donors (Lipinski definition) is 1. The van der Waals surface area contributed by atoms with Crippen molar-refractivity contribution >= 4 is 44.8 Å². The highest BCUT2D eigenvalue weighted by Crippen LogP contribution is 2.25. The highest BCUT2D eigenvalue weighted by atomic mass is 32.2. The molecule has 4 rings (SSSR count). The molecule has 11 heteroatoms. The Morgan fingerprint density at radius 2 is 1.76 bits per heavy atom. The van der Waals surface area contributed by atoms with E-state index in [1.807, 2.05) is 4.90 Å². The average Bonchev–Trinajstić information content (AvgIpc) is 3.05. The molecule has 150 valence electrons. The normalized spacial score (nSPS) is 19.6. The number of nitrogens with one attached hydrogen (secondary N) is 1. The van der Waals surface area contributed by atoms with Gasteiger partial charge in [0.2, 0.25) is 10.0 Å². The first-order valence-corrected chi connectivity index (χ1v) is 11.1. The summed E-state index contributed by atoms with van der Waals surface area (Å²) < 4.78 is 26.9. The van der Waals surface area contributed by atoms with Crippen LogP contribution in [-0.4, -0.2) is 60.0 Å². The Bertz CT molecular complexity index is 1080. The second kappa shape index (κ2) is 7.93. The minimum absolute atomic E-state index is 0.242. The minimum atomic E-state index is -3.52. The van der Waals surface area contributed by atoms with Gasteiger partial charge in [-0.15, -0.1) is 0 Å². The number of amides is 2. The van der Waals surface area contributed by atoms with Crippen molar-refractivity contribution in [2.45, 2.75) is 4.90 Å². The topological polar surface area (TPSA) is 113 Å². The molecule has 1 N–H and O–H groups in total. The molecule has 2 saturated heterocycles. The highest BCUT2D eigenvalue weighted by Gasteiger charge is 2.29. The molecule has 0 aliphatic carbocycles. The molecule has 1 aromatic carbocycles. The molecule has 2 aliphatic rings. The maximum atomic E-state index is 12.7. The maximum Gasteiger partial charge on any atom is 0.290 e. The lowest BCUT2D eigenvalue weighted by molar-refractivity contribution is -0.115. The molecule has 1 aromatic heterocycles. The van der Waals surface area contributed by atoms with E-state index in [9.17, 15) is 18.0 Å². The summed E-state index contributed by atoms with van der Waals surface area (Å²) in [5.41, 5.74) is 0. The second-order valence-corrected chi connectivity index (χ2v) is 9.28. The maximum absolute atomic E-state index is 12.7. The molecular formula is C18H17N5O4S2. The molecule has 0 unspecified atom stereocenters. The van der Waals surface area contributed by atoms with E-state index in [0.29, 0.717) is 37.8 Å². The predicted octanol–water partition coefficient (Wildman–Crippen LogP) is 1.31. The standard InChI is InChI=1S/C18H17N5O4S2/c24-17-14(28-18(25)21-17)12-15-19-7-6-16(20-15)22-8-10-23(11-9-22)29(26,27)13-4-2-1-3-5-13/h1-7,12H,8-11H2,(H,21,24,25). The minimum Gasteiger partial charge on any atom is -0.354 e. The molecule has 0 radical (unpaired) electrons. The molecule has 2 aromatic rings. The molecule has 0 saturated carbocycles. The van der Waals surface area contributed by atoms with Crippen LogP contribution in [0.3, 0.4) is 0 Å². The average molecular weight is 431 g/mol. The van der Waals surface area contributed by atoms with Crippen molar-refractivity contribution in [3.63, 3.8) is 0 Å². The highest BCUT2D eigenvalue weighted by molar-refractivity contribution is 8.18. The summed E-state index contributed by atoms with van der Waals surface area (Å²) in [4.78, 5) is 34.0. The fourth-order valence-electron chi connectivity index (χ4n) is 3.05. The first-order chi connectivity index (χ1) is 13.9. The van der Waals surface area contributed by atoms with Crippen LogP contribution in [0.25, 0.3) is 6.08 Å². The molecule has 2 amide bonds. The van der Waals surface area contributed by atoms with E-state index >= 15 is 0 Å². The van der Waals surface area contributed by atoms with E-state index in [4.69, 9.17) is 0 Å². The van der Waals surface area contributed by atoms with Gasteiger partial charge < -0.3 is 4.90 Å². The summed E-state index contributed by atoms with van der Waals surface area (Å²) in [6, 6.07) is 10.1. The third-order valence-electron chi connectivity index (χ3n) is 4.51. The fourth-order valence-corrected chi connectivity index (χ4v) is 5.14. The number of aromatic nitrogens is 2. The number of imide groups is 1. The van der Waals surface area contributed by atoms with Gasteiger partial charge in [-0.1, -0.05) is 18.2 Å². The lowest BCUT2D eigenvalue weighted by atomic mass is 10.3. The Labute approximate surface area is 171 Å². The number of rotatable bonds is 4. The quantitative estimate of drug-likeness (QED) is 0.721. The van der Waals surface area contributed by atoms with Crippen molar-refractivity contribution in [1.82, 2.24) is 19.6 Å². The lowest BCUT2D eigenvalue weighted by Crippen LogP contribution is -2.48. The third kappa shape index (κ3) is 4.16. The zero-order valence-electron chi connectivity index (χ0n) is 15.2. The van der Waals surface area contributed by atoms with Crippen LogP contribution in [0.15, 0.2) is 52.4 Å². The second-order valence-electron chi connectivity index (χ2n) is 6.33. The van der Waals surface area contributed by atoms with Gasteiger partial charge in [-0.25, -0.2) is 18.4 Å². The zero-order chi connectivity index (χ0) is 20.4. The fraction of sp³-hybridized carbons (Fsp3) is 0.222. The van der Waals surface area contributed by atoms with Crippen molar-refractivity contribution in [2.24, 2.45) is 0 Å². The summed E-state index contributed by atoms with van der Waals surface area (Å²) in [6.07, 6.45) is 3.03. The van der Waals surface area contributed by atoms with E-state index in [1.54, 1.807) is 42.6 Å². The number of anilines is 1. The van der Waals surface area contributed by atoms with Crippen LogP contribution < -0.4 is 10.2 Å². The molecular weight excluding hydrogens is 414 g/mol. The Balaban J connectivity index is 1.46. The monoisotopic (exact) mass is 431 g/mol. The van der Waals surface area contributed by atoms with Gasteiger partial charge in [0.15, 0.2) is 5.82 Å². The molecule has 9 nitrogen and oxygen atoms in total. The molecule has 0 bridgehead atoms. The lowest BCUT2D eigenvalue weighted by Gasteiger charge is -2.34. The Morgan fingerprint density at radius 1 is 1.03 bits per heavy atom. The van der Waals surface area contributed by atoms with Gasteiger partial charge in [-0.05, 0) is 30.0 Å². The summed E-state index contributed by atoms with van der Waals surface area (Å²) in [5.74, 6) is 0.487. The molecule has 0 spiro atoms. The Hall–Kier alpha value is -2.76. The first-order valence-electron chi connectivity index (χ1n) is 8.81. The Kier molecular flexibility index (Phi) is 5.35. The number of nitrogens with zero attached hydrogens (tertiary/aromatic N) is 4. The number of carbonyl (C=O) groups is 2. The van der Waals surface area contributed by atoms with Crippen molar-refractivity contribution in [3.05, 3.63) is 53.3 Å². The SMILES string of the molecule is O=C1NC(=O)C(=Cc2nccc(N3CCN(S(=O)(=O)c4ccccc4)CC3)n2)S1. The van der Waals surface area contributed by atoms with E-state index in [2.05, 4.69) is 15.3 Å². The predicted molar refractivity (Wildman–Crippen MR) is 109 cm³/mol. The Morgan fingerprint density at radius 3 is 2.41 bits per heavy atom. The van der Waals surface area contributed by atoms with Crippen LogP contribution in [0.4, 0.5) is 10.6 Å². The van der Waals surface area contributed by atoms with Gasteiger partial charge in [-0.3, -0.25) is 14.9 Å². The largest absolute Gasteiger partial charge is 0.354 e. The molecule has 3 heterocycles. The van der Waals surface area contributed by atoms with Crippen LogP contribution in [-0.2, 0) is 14.8 Å². The van der Waals surface area contributed by atoms with Crippen LogP contribution in [0, 0.1) is 0 Å². The molecule has 29 heavy (non-hydrogen) atoms. The smallest absolute Gasteiger partial charge is 0.290 e. The van der Waals surface area contributed by atoms with E-state index in [1.165, 1.54) is 10.4 Å². The van der Waals surface area contributed by atoms with Crippen molar-refractivity contribution < 1.29 is 18.0 Å². The van der Waals surface area contributed by atoms with Crippen LogP contribution >= 0.6 is 11.8 Å². The van der Waals surface area contributed by atoms with Gasteiger partial charge >= 0.3 is 0 Å². The third-order valence-corrected chi connectivity index (χ3v) is 7.23. The summed E-state index contributed by atoms with van der Waals surface area (Å²) in [6.45, 7) is 1.63. The number of sulfonamides is 1. The van der Waals surface area contributed by atoms with Gasteiger partial charge in [0.1, 0.15) is 5.82 Å². The van der Waals surface area contributed by atoms with Crippen molar-refractivity contribution in [2.75, 3.05) is 31.1 Å².